The highest BCUT2D eigenvalue weighted by atomic mass is 127. The first kappa shape index (κ1) is 21.2. The topological polar surface area (TPSA) is 74.6 Å². The molecule has 1 amide bonds. The zero-order valence-corrected chi connectivity index (χ0v) is 18.0. The summed E-state index contributed by atoms with van der Waals surface area (Å²) in [4.78, 5) is 22.9. The molecular weight excluding hydrogens is 455 g/mol. The number of amides is 1. The number of carbonyl (C=O) groups is 1. The van der Waals surface area contributed by atoms with E-state index in [2.05, 4.69) is 37.0 Å². The minimum absolute atomic E-state index is 0. The van der Waals surface area contributed by atoms with Crippen molar-refractivity contribution in [3.63, 3.8) is 0 Å². The summed E-state index contributed by atoms with van der Waals surface area (Å²) in [5.41, 5.74) is 0.793. The third kappa shape index (κ3) is 5.69. The van der Waals surface area contributed by atoms with Crippen molar-refractivity contribution < 1.29 is 4.79 Å². The van der Waals surface area contributed by atoms with Crippen molar-refractivity contribution in [2.24, 2.45) is 10.9 Å². The number of imidazole rings is 1. The molecule has 2 unspecified atom stereocenters. The van der Waals surface area contributed by atoms with E-state index in [1.807, 2.05) is 49.1 Å². The molecule has 1 fully saturated rings. The quantitative estimate of drug-likeness (QED) is 0.399. The van der Waals surface area contributed by atoms with E-state index in [1.165, 1.54) is 0 Å². The van der Waals surface area contributed by atoms with Gasteiger partial charge in [-0.1, -0.05) is 25.1 Å². The zero-order chi connectivity index (χ0) is 18.4. The van der Waals surface area contributed by atoms with Crippen LogP contribution in [0.5, 0.6) is 0 Å². The number of nitrogens with zero attached hydrogens (tertiary/aromatic N) is 4. The second-order valence-electron chi connectivity index (χ2n) is 6.60. The van der Waals surface area contributed by atoms with E-state index in [-0.39, 0.29) is 36.4 Å². The number of halogens is 1. The molecule has 146 valence electrons. The van der Waals surface area contributed by atoms with Crippen LogP contribution in [0.3, 0.4) is 0 Å². The molecule has 1 aliphatic rings. The summed E-state index contributed by atoms with van der Waals surface area (Å²) in [7, 11) is 1.75. The molecule has 0 radical (unpaired) electrons. The average Bonchev–Trinajstić information content (AvgIpc) is 3.18. The number of rotatable bonds is 4. The fourth-order valence-corrected chi connectivity index (χ4v) is 3.31. The van der Waals surface area contributed by atoms with E-state index >= 15 is 0 Å². The highest BCUT2D eigenvalue weighted by molar-refractivity contribution is 14.0. The van der Waals surface area contributed by atoms with Crippen molar-refractivity contribution in [1.29, 1.82) is 0 Å². The third-order valence-corrected chi connectivity index (χ3v) is 4.80. The Morgan fingerprint density at radius 2 is 2.11 bits per heavy atom. The fraction of sp³-hybridized carbons (Fsp3) is 0.421. The molecule has 0 bridgehead atoms. The van der Waals surface area contributed by atoms with Gasteiger partial charge in [-0.15, -0.1) is 24.0 Å². The number of carbonyl (C=O) groups excluding carboxylic acids is 1. The number of guanidine groups is 1. The number of anilines is 1. The zero-order valence-electron chi connectivity index (χ0n) is 15.7. The highest BCUT2D eigenvalue weighted by Gasteiger charge is 2.28. The van der Waals surface area contributed by atoms with Crippen LogP contribution in [0.1, 0.15) is 19.4 Å². The Kier molecular flexibility index (Phi) is 8.08. The molecule has 0 aliphatic carbocycles. The summed E-state index contributed by atoms with van der Waals surface area (Å²) >= 11 is 0. The smallest absolute Gasteiger partial charge is 0.243 e. The van der Waals surface area contributed by atoms with Gasteiger partial charge < -0.3 is 20.1 Å². The van der Waals surface area contributed by atoms with Gasteiger partial charge in [-0.25, -0.2) is 4.98 Å². The number of hydrogen-bond donors (Lipinski definition) is 2. The Bertz CT molecular complexity index is 734. The second-order valence-corrected chi connectivity index (χ2v) is 6.60. The Labute approximate surface area is 177 Å². The lowest BCUT2D eigenvalue weighted by atomic mass is 9.93. The first-order valence-electron chi connectivity index (χ1n) is 8.95. The lowest BCUT2D eigenvalue weighted by Gasteiger charge is -2.39. The van der Waals surface area contributed by atoms with Crippen LogP contribution in [-0.4, -0.2) is 53.0 Å². The third-order valence-electron chi connectivity index (χ3n) is 4.80. The van der Waals surface area contributed by atoms with Crippen LogP contribution in [0.25, 0.3) is 0 Å². The summed E-state index contributed by atoms with van der Waals surface area (Å²) < 4.78 is 2.16. The molecule has 1 aliphatic heterocycles. The van der Waals surface area contributed by atoms with Crippen LogP contribution in [0.15, 0.2) is 54.0 Å². The van der Waals surface area contributed by atoms with Crippen molar-refractivity contribution in [1.82, 2.24) is 19.8 Å². The number of aliphatic imine (C=N–C) groups is 1. The summed E-state index contributed by atoms with van der Waals surface area (Å²) in [5.74, 6) is 1.24. The van der Waals surface area contributed by atoms with E-state index in [1.54, 1.807) is 7.05 Å². The minimum atomic E-state index is -0.0890. The molecule has 1 saturated heterocycles. The fourth-order valence-electron chi connectivity index (χ4n) is 3.31. The van der Waals surface area contributed by atoms with Gasteiger partial charge in [0.15, 0.2) is 5.96 Å². The molecule has 0 spiro atoms. The lowest BCUT2D eigenvalue weighted by molar-refractivity contribution is -0.115. The van der Waals surface area contributed by atoms with E-state index in [4.69, 9.17) is 0 Å². The van der Waals surface area contributed by atoms with Gasteiger partial charge in [-0.3, -0.25) is 9.79 Å². The Balaban J connectivity index is 0.00000261. The molecule has 1 aromatic carbocycles. The number of hydrogen-bond acceptors (Lipinski definition) is 3. The molecule has 3 rings (SSSR count). The molecule has 27 heavy (non-hydrogen) atoms. The molecule has 2 atom stereocenters. The Hall–Kier alpha value is -2.10. The maximum absolute atomic E-state index is 12.2. The second kappa shape index (κ2) is 10.3. The van der Waals surface area contributed by atoms with Crippen LogP contribution in [-0.2, 0) is 4.79 Å². The van der Waals surface area contributed by atoms with Crippen molar-refractivity contribution in [2.75, 3.05) is 32.0 Å². The highest BCUT2D eigenvalue weighted by Crippen LogP contribution is 2.27. The molecule has 1 aromatic heterocycles. The first-order valence-corrected chi connectivity index (χ1v) is 8.95. The van der Waals surface area contributed by atoms with E-state index < -0.39 is 0 Å². The molecule has 7 nitrogen and oxygen atoms in total. The van der Waals surface area contributed by atoms with Gasteiger partial charge in [0.05, 0.1) is 18.9 Å². The summed E-state index contributed by atoms with van der Waals surface area (Å²) in [6, 6.07) is 9.80. The Morgan fingerprint density at radius 1 is 1.33 bits per heavy atom. The van der Waals surface area contributed by atoms with E-state index in [0.29, 0.717) is 12.0 Å². The van der Waals surface area contributed by atoms with Crippen LogP contribution in [0.2, 0.25) is 0 Å². The number of piperidine rings is 1. The van der Waals surface area contributed by atoms with Crippen LogP contribution in [0, 0.1) is 5.92 Å². The van der Waals surface area contributed by atoms with Crippen molar-refractivity contribution in [2.45, 2.75) is 19.4 Å². The van der Waals surface area contributed by atoms with Gasteiger partial charge in [-0.2, -0.15) is 0 Å². The number of benzene rings is 1. The Morgan fingerprint density at radius 3 is 2.78 bits per heavy atom. The van der Waals surface area contributed by atoms with Crippen molar-refractivity contribution >= 4 is 41.5 Å². The van der Waals surface area contributed by atoms with Crippen molar-refractivity contribution in [3.05, 3.63) is 49.1 Å². The van der Waals surface area contributed by atoms with Gasteiger partial charge in [0.2, 0.25) is 5.91 Å². The van der Waals surface area contributed by atoms with Crippen LogP contribution < -0.4 is 10.6 Å². The van der Waals surface area contributed by atoms with Gasteiger partial charge in [-0.05, 0) is 24.5 Å². The molecule has 2 heterocycles. The number of likely N-dealkylation sites (tertiary alicyclic amines) is 1. The summed E-state index contributed by atoms with van der Waals surface area (Å²) in [6.45, 7) is 4.22. The number of nitrogens with one attached hydrogen (secondary N) is 2. The van der Waals surface area contributed by atoms with Crippen LogP contribution >= 0.6 is 24.0 Å². The van der Waals surface area contributed by atoms with Gasteiger partial charge in [0.25, 0.3) is 0 Å². The molecule has 8 heteroatoms. The van der Waals surface area contributed by atoms with Gasteiger partial charge in [0, 0.05) is 38.2 Å². The largest absolute Gasteiger partial charge is 0.347 e. The maximum Gasteiger partial charge on any atom is 0.243 e. The molecule has 0 saturated carbocycles. The SMILES string of the molecule is CN=C(NCC(=O)Nc1ccccc1)N1CCC(C)C(n2ccnc2)C1.I. The average molecular weight is 482 g/mol. The predicted molar refractivity (Wildman–Crippen MR) is 118 cm³/mol. The van der Waals surface area contributed by atoms with Crippen molar-refractivity contribution in [3.8, 4) is 0 Å². The normalized spacial score (nSPS) is 19.9. The minimum Gasteiger partial charge on any atom is -0.347 e. The number of aromatic nitrogens is 2. The monoisotopic (exact) mass is 482 g/mol. The molecular formula is C19H27IN6O. The summed E-state index contributed by atoms with van der Waals surface area (Å²) in [5, 5.41) is 6.05. The van der Waals surface area contributed by atoms with Gasteiger partial charge in [0.1, 0.15) is 0 Å². The standard InChI is InChI=1S/C19H26N6O.HI/c1-15-8-10-24(13-17(15)25-11-9-21-14-25)19(20-2)22-12-18(26)23-16-6-4-3-5-7-16;/h3-7,9,11,14-15,17H,8,10,12-13H2,1-2H3,(H,20,22)(H,23,26);1H. The van der Waals surface area contributed by atoms with Crippen LogP contribution in [0.4, 0.5) is 5.69 Å². The molecule has 2 N–H and O–H groups in total. The predicted octanol–water partition coefficient (Wildman–Crippen LogP) is 2.60. The summed E-state index contributed by atoms with van der Waals surface area (Å²) in [6.07, 6.45) is 6.76. The lowest BCUT2D eigenvalue weighted by Crippen LogP contribution is -2.50. The van der Waals surface area contributed by atoms with E-state index in [0.717, 1.165) is 31.2 Å². The molecule has 2 aromatic rings. The van der Waals surface area contributed by atoms with E-state index in [9.17, 15) is 4.79 Å². The number of para-hydroxylation sites is 1. The first-order chi connectivity index (χ1) is 12.7. The maximum atomic E-state index is 12.2. The van der Waals surface area contributed by atoms with Gasteiger partial charge >= 0.3 is 0 Å².